The molecule has 8 heteroatoms. The lowest BCUT2D eigenvalue weighted by Gasteiger charge is -2.08. The van der Waals surface area contributed by atoms with Gasteiger partial charge in [0.05, 0.1) is 16.3 Å². The zero-order valence-electron chi connectivity index (χ0n) is 12.9. The fourth-order valence-corrected chi connectivity index (χ4v) is 3.49. The number of rotatable bonds is 4. The van der Waals surface area contributed by atoms with Gasteiger partial charge in [-0.2, -0.15) is 18.3 Å². The molecule has 1 heterocycles. The third kappa shape index (κ3) is 3.93. The first-order chi connectivity index (χ1) is 10.5. The molecule has 1 aromatic heterocycles. The Bertz CT molecular complexity index is 791. The second kappa shape index (κ2) is 5.99. The van der Waals surface area contributed by atoms with Crippen LogP contribution >= 0.6 is 0 Å². The number of hydrogen-bond acceptors (Lipinski definition) is 3. The third-order valence-electron chi connectivity index (χ3n) is 3.51. The maximum atomic E-state index is 12.6. The number of hydrogen-bond donors (Lipinski definition) is 0. The average molecular weight is 346 g/mol. The number of nitrogens with zero attached hydrogens (tertiary/aromatic N) is 2. The van der Waals surface area contributed by atoms with Crippen LogP contribution in [0.1, 0.15) is 36.7 Å². The summed E-state index contributed by atoms with van der Waals surface area (Å²) in [7, 11) is -2.45. The number of halogens is 3. The molecule has 0 saturated carbocycles. The Labute approximate surface area is 132 Å². The van der Waals surface area contributed by atoms with Crippen LogP contribution in [0.15, 0.2) is 35.2 Å². The van der Waals surface area contributed by atoms with Crippen LogP contribution in [0, 0.1) is 0 Å². The van der Waals surface area contributed by atoms with Crippen LogP contribution in [-0.4, -0.2) is 18.2 Å². The molecular weight excluding hydrogens is 329 g/mol. The largest absolute Gasteiger partial charge is 0.435 e. The SMILES string of the molecule is CC(C)c1ccc(S(=O)(=O)Cc2cc(C(F)(F)F)nn2C)cc1. The predicted octanol–water partition coefficient (Wildman–Crippen LogP) is 3.54. The number of aromatic nitrogens is 2. The molecule has 0 N–H and O–H groups in total. The number of sulfone groups is 1. The highest BCUT2D eigenvalue weighted by Gasteiger charge is 2.35. The van der Waals surface area contributed by atoms with E-state index >= 15 is 0 Å². The van der Waals surface area contributed by atoms with E-state index in [4.69, 9.17) is 0 Å². The first kappa shape index (κ1) is 17.5. The summed E-state index contributed by atoms with van der Waals surface area (Å²) in [6.07, 6.45) is -4.60. The highest BCUT2D eigenvalue weighted by atomic mass is 32.2. The normalized spacial score (nSPS) is 12.8. The second-order valence-electron chi connectivity index (χ2n) is 5.63. The van der Waals surface area contributed by atoms with Crippen LogP contribution in [0.5, 0.6) is 0 Å². The Kier molecular flexibility index (Phi) is 4.57. The molecular formula is C15H17F3N2O2S. The number of alkyl halides is 3. The summed E-state index contributed by atoms with van der Waals surface area (Å²) in [4.78, 5) is 0.0802. The lowest BCUT2D eigenvalue weighted by molar-refractivity contribution is -0.141. The van der Waals surface area contributed by atoms with E-state index in [2.05, 4.69) is 5.10 Å². The predicted molar refractivity (Wildman–Crippen MR) is 79.6 cm³/mol. The van der Waals surface area contributed by atoms with Crippen molar-refractivity contribution >= 4 is 9.84 Å². The molecule has 0 fully saturated rings. The van der Waals surface area contributed by atoms with Gasteiger partial charge in [-0.05, 0) is 29.7 Å². The fraction of sp³-hybridized carbons (Fsp3) is 0.400. The Hall–Kier alpha value is -1.83. The van der Waals surface area contributed by atoms with Gasteiger partial charge in [0.15, 0.2) is 15.5 Å². The summed E-state index contributed by atoms with van der Waals surface area (Å²) in [5.74, 6) is -0.272. The van der Waals surface area contributed by atoms with E-state index in [1.807, 2.05) is 13.8 Å². The molecule has 0 amide bonds. The van der Waals surface area contributed by atoms with Gasteiger partial charge in [-0.15, -0.1) is 0 Å². The molecule has 2 rings (SSSR count). The second-order valence-corrected chi connectivity index (χ2v) is 7.61. The Balaban J connectivity index is 2.30. The number of benzene rings is 1. The summed E-state index contributed by atoms with van der Waals surface area (Å²) in [6, 6.07) is 7.14. The molecule has 4 nitrogen and oxygen atoms in total. The Morgan fingerprint density at radius 2 is 1.74 bits per heavy atom. The fourth-order valence-electron chi connectivity index (χ4n) is 2.12. The molecule has 0 radical (unpaired) electrons. The van der Waals surface area contributed by atoms with Crippen molar-refractivity contribution in [1.82, 2.24) is 9.78 Å². The minimum Gasteiger partial charge on any atom is -0.271 e. The monoisotopic (exact) mass is 346 g/mol. The molecule has 126 valence electrons. The highest BCUT2D eigenvalue weighted by molar-refractivity contribution is 7.90. The van der Waals surface area contributed by atoms with Crippen LogP contribution in [0.4, 0.5) is 13.2 Å². The summed E-state index contributed by atoms with van der Waals surface area (Å²) >= 11 is 0. The maximum Gasteiger partial charge on any atom is 0.435 e. The standard InChI is InChI=1S/C15H17F3N2O2S/c1-10(2)11-4-6-13(7-5-11)23(21,22)9-12-8-14(15(16,17)18)19-20(12)3/h4-8,10H,9H2,1-3H3. The van der Waals surface area contributed by atoms with Gasteiger partial charge in [-0.25, -0.2) is 8.42 Å². The van der Waals surface area contributed by atoms with Gasteiger partial charge < -0.3 is 0 Å². The molecule has 0 bridgehead atoms. The first-order valence-electron chi connectivity index (χ1n) is 6.93. The minimum atomic E-state index is -4.60. The maximum absolute atomic E-state index is 12.6. The Morgan fingerprint density at radius 3 is 2.17 bits per heavy atom. The molecule has 23 heavy (non-hydrogen) atoms. The molecule has 0 aliphatic rings. The molecule has 0 spiro atoms. The van der Waals surface area contributed by atoms with E-state index < -0.39 is 27.5 Å². The quantitative estimate of drug-likeness (QED) is 0.851. The molecule has 1 aromatic carbocycles. The van der Waals surface area contributed by atoms with Crippen molar-refractivity contribution in [3.05, 3.63) is 47.3 Å². The summed E-state index contributed by atoms with van der Waals surface area (Å²) in [5.41, 5.74) is -0.116. The number of aryl methyl sites for hydroxylation is 1. The van der Waals surface area contributed by atoms with Gasteiger partial charge in [-0.3, -0.25) is 4.68 Å². The van der Waals surface area contributed by atoms with Crippen molar-refractivity contribution < 1.29 is 21.6 Å². The van der Waals surface area contributed by atoms with Crippen molar-refractivity contribution in [3.8, 4) is 0 Å². The van der Waals surface area contributed by atoms with Gasteiger partial charge in [-0.1, -0.05) is 26.0 Å². The Morgan fingerprint density at radius 1 is 1.17 bits per heavy atom. The topological polar surface area (TPSA) is 52.0 Å². The van der Waals surface area contributed by atoms with Gasteiger partial charge in [0.1, 0.15) is 0 Å². The van der Waals surface area contributed by atoms with Gasteiger partial charge in [0, 0.05) is 7.05 Å². The molecule has 0 atom stereocenters. The lowest BCUT2D eigenvalue weighted by atomic mass is 10.0. The smallest absolute Gasteiger partial charge is 0.271 e. The van der Waals surface area contributed by atoms with E-state index in [9.17, 15) is 21.6 Å². The van der Waals surface area contributed by atoms with Crippen LogP contribution in [0.2, 0.25) is 0 Å². The van der Waals surface area contributed by atoms with E-state index in [1.54, 1.807) is 12.1 Å². The average Bonchev–Trinajstić information content (AvgIpc) is 2.80. The molecule has 0 saturated heterocycles. The molecule has 0 unspecified atom stereocenters. The van der Waals surface area contributed by atoms with E-state index in [1.165, 1.54) is 19.2 Å². The van der Waals surface area contributed by atoms with Crippen molar-refractivity contribution in [1.29, 1.82) is 0 Å². The van der Waals surface area contributed by atoms with Crippen LogP contribution in [-0.2, 0) is 28.8 Å². The zero-order chi connectivity index (χ0) is 17.4. The van der Waals surface area contributed by atoms with Gasteiger partial charge in [0.25, 0.3) is 0 Å². The van der Waals surface area contributed by atoms with E-state index in [0.29, 0.717) is 0 Å². The summed E-state index contributed by atoms with van der Waals surface area (Å²) < 4.78 is 63.6. The van der Waals surface area contributed by atoms with Gasteiger partial charge in [0.2, 0.25) is 0 Å². The molecule has 0 aliphatic carbocycles. The molecule has 0 aliphatic heterocycles. The van der Waals surface area contributed by atoms with Crippen LogP contribution < -0.4 is 0 Å². The zero-order valence-corrected chi connectivity index (χ0v) is 13.7. The molecule has 2 aromatic rings. The highest BCUT2D eigenvalue weighted by Crippen LogP contribution is 2.29. The van der Waals surface area contributed by atoms with Crippen LogP contribution in [0.3, 0.4) is 0 Å². The van der Waals surface area contributed by atoms with Crippen molar-refractivity contribution in [2.24, 2.45) is 7.05 Å². The van der Waals surface area contributed by atoms with Crippen molar-refractivity contribution in [2.45, 2.75) is 36.6 Å². The summed E-state index contributed by atoms with van der Waals surface area (Å²) in [6.45, 7) is 3.97. The van der Waals surface area contributed by atoms with E-state index in [0.717, 1.165) is 16.3 Å². The van der Waals surface area contributed by atoms with Gasteiger partial charge >= 0.3 is 6.18 Å². The van der Waals surface area contributed by atoms with Crippen molar-refractivity contribution in [2.75, 3.05) is 0 Å². The van der Waals surface area contributed by atoms with Crippen molar-refractivity contribution in [3.63, 3.8) is 0 Å². The summed E-state index contributed by atoms with van der Waals surface area (Å²) in [5, 5.41) is 3.32. The van der Waals surface area contributed by atoms with Crippen LogP contribution in [0.25, 0.3) is 0 Å². The van der Waals surface area contributed by atoms with E-state index in [-0.39, 0.29) is 16.5 Å². The third-order valence-corrected chi connectivity index (χ3v) is 5.18. The lowest BCUT2D eigenvalue weighted by Crippen LogP contribution is -2.09. The minimum absolute atomic E-state index is 0.00902. The first-order valence-corrected chi connectivity index (χ1v) is 8.59.